The summed E-state index contributed by atoms with van der Waals surface area (Å²) in [5.41, 5.74) is 3.20. The van der Waals surface area contributed by atoms with E-state index >= 15 is 0 Å². The number of benzene rings is 2. The molecule has 0 saturated heterocycles. The monoisotopic (exact) mass is 383 g/mol. The van der Waals surface area contributed by atoms with Crippen LogP contribution in [0.2, 0.25) is 0 Å². The normalized spacial score (nSPS) is 13.6. The lowest BCUT2D eigenvalue weighted by atomic mass is 10.0. The zero-order chi connectivity index (χ0) is 19.4. The predicted octanol–water partition coefficient (Wildman–Crippen LogP) is 2.82. The summed E-state index contributed by atoms with van der Waals surface area (Å²) < 4.78 is 15.8. The van der Waals surface area contributed by atoms with Crippen molar-refractivity contribution < 1.29 is 4.21 Å². The van der Waals surface area contributed by atoms with Gasteiger partial charge in [-0.1, -0.05) is 24.3 Å². The molecule has 7 heteroatoms. The number of aromatic nitrogens is 1. The van der Waals surface area contributed by atoms with Gasteiger partial charge in [0.2, 0.25) is 0 Å². The van der Waals surface area contributed by atoms with Gasteiger partial charge in [-0.15, -0.1) is 0 Å². The minimum Gasteiger partial charge on any atom is -0.388 e. The standard InChI is InChI=1S/C20H25N5OS/c1-22-17-7-5-4-6-16(17)20(21)19(25(2)3)13-24-27(26)15-9-8-14-10-11-23-18(14)12-15/h4-12,19,21-24H,13H2,1-3H3. The Kier molecular flexibility index (Phi) is 6.05. The Labute approximate surface area is 162 Å². The van der Waals surface area contributed by atoms with Crippen molar-refractivity contribution in [2.45, 2.75) is 10.9 Å². The molecular weight excluding hydrogens is 358 g/mol. The van der Waals surface area contributed by atoms with Crippen molar-refractivity contribution in [1.29, 1.82) is 5.41 Å². The summed E-state index contributed by atoms with van der Waals surface area (Å²) in [7, 11) is 4.35. The number of aromatic amines is 1. The highest BCUT2D eigenvalue weighted by molar-refractivity contribution is 7.83. The summed E-state index contributed by atoms with van der Waals surface area (Å²) in [4.78, 5) is 5.82. The number of H-pyrrole nitrogens is 1. The van der Waals surface area contributed by atoms with Crippen molar-refractivity contribution >= 4 is 33.3 Å². The van der Waals surface area contributed by atoms with E-state index in [9.17, 15) is 4.21 Å². The average Bonchev–Trinajstić information content (AvgIpc) is 3.15. The number of rotatable bonds is 8. The Balaban J connectivity index is 1.74. The van der Waals surface area contributed by atoms with E-state index in [2.05, 4.69) is 15.0 Å². The van der Waals surface area contributed by atoms with E-state index in [0.29, 0.717) is 17.2 Å². The summed E-state index contributed by atoms with van der Waals surface area (Å²) in [6.45, 7) is 0.402. The van der Waals surface area contributed by atoms with Crippen molar-refractivity contribution in [2.24, 2.45) is 0 Å². The topological polar surface area (TPSA) is 84.0 Å². The van der Waals surface area contributed by atoms with Crippen LogP contribution in [0.1, 0.15) is 5.56 Å². The van der Waals surface area contributed by atoms with Crippen LogP contribution in [0.25, 0.3) is 10.9 Å². The Morgan fingerprint density at radius 1 is 1.22 bits per heavy atom. The summed E-state index contributed by atoms with van der Waals surface area (Å²) >= 11 is 0. The highest BCUT2D eigenvalue weighted by Gasteiger charge is 2.21. The van der Waals surface area contributed by atoms with Crippen LogP contribution in [-0.2, 0) is 11.0 Å². The van der Waals surface area contributed by atoms with Crippen molar-refractivity contribution in [1.82, 2.24) is 14.6 Å². The molecule has 0 aliphatic heterocycles. The second-order valence-corrected chi connectivity index (χ2v) is 7.83. The molecule has 142 valence electrons. The van der Waals surface area contributed by atoms with Crippen LogP contribution >= 0.6 is 0 Å². The molecule has 0 fully saturated rings. The highest BCUT2D eigenvalue weighted by Crippen LogP contribution is 2.19. The van der Waals surface area contributed by atoms with Crippen LogP contribution in [0.4, 0.5) is 5.69 Å². The molecule has 0 spiro atoms. The van der Waals surface area contributed by atoms with E-state index in [1.54, 1.807) is 0 Å². The van der Waals surface area contributed by atoms with Gasteiger partial charge in [-0.2, -0.15) is 0 Å². The summed E-state index contributed by atoms with van der Waals surface area (Å²) in [5, 5.41) is 12.9. The maximum atomic E-state index is 12.7. The number of hydrogen-bond acceptors (Lipinski definition) is 4. The van der Waals surface area contributed by atoms with Crippen LogP contribution < -0.4 is 10.0 Å². The van der Waals surface area contributed by atoms with Gasteiger partial charge in [0.1, 0.15) is 11.0 Å². The molecule has 0 saturated carbocycles. The van der Waals surface area contributed by atoms with Crippen molar-refractivity contribution in [2.75, 3.05) is 33.0 Å². The van der Waals surface area contributed by atoms with Gasteiger partial charge in [-0.3, -0.25) is 4.90 Å². The second-order valence-electron chi connectivity index (χ2n) is 6.53. The van der Waals surface area contributed by atoms with E-state index in [0.717, 1.165) is 22.2 Å². The molecule has 0 radical (unpaired) electrons. The molecule has 6 nitrogen and oxygen atoms in total. The van der Waals surface area contributed by atoms with Gasteiger partial charge < -0.3 is 15.7 Å². The first-order valence-corrected chi connectivity index (χ1v) is 9.90. The first-order chi connectivity index (χ1) is 13.0. The molecule has 4 N–H and O–H groups in total. The van der Waals surface area contributed by atoms with E-state index < -0.39 is 11.0 Å². The first kappa shape index (κ1) is 19.3. The number of para-hydroxylation sites is 1. The third-order valence-electron chi connectivity index (χ3n) is 4.59. The van der Waals surface area contributed by atoms with E-state index in [4.69, 9.17) is 5.41 Å². The predicted molar refractivity (Wildman–Crippen MR) is 113 cm³/mol. The van der Waals surface area contributed by atoms with E-state index in [1.807, 2.05) is 80.8 Å². The molecule has 0 amide bonds. The number of likely N-dealkylation sites (N-methyl/N-ethyl adjacent to an activating group) is 1. The van der Waals surface area contributed by atoms with Crippen molar-refractivity contribution in [3.63, 3.8) is 0 Å². The van der Waals surface area contributed by atoms with Gasteiger partial charge >= 0.3 is 0 Å². The first-order valence-electron chi connectivity index (χ1n) is 8.75. The lowest BCUT2D eigenvalue weighted by Crippen LogP contribution is -2.44. The molecule has 27 heavy (non-hydrogen) atoms. The van der Waals surface area contributed by atoms with Crippen molar-refractivity contribution in [3.05, 3.63) is 60.3 Å². The summed E-state index contributed by atoms with van der Waals surface area (Å²) in [5.74, 6) is 0. The fourth-order valence-electron chi connectivity index (χ4n) is 3.04. The largest absolute Gasteiger partial charge is 0.388 e. The number of fused-ring (bicyclic) bond motifs is 1. The lowest BCUT2D eigenvalue weighted by molar-refractivity contribution is 0.361. The highest BCUT2D eigenvalue weighted by atomic mass is 32.2. The second kappa shape index (κ2) is 8.47. The minimum absolute atomic E-state index is 0.210. The molecule has 2 atom stereocenters. The zero-order valence-electron chi connectivity index (χ0n) is 15.7. The SMILES string of the molecule is CNc1ccccc1C(=N)C(CNS(=O)c1ccc2cc[nH]c2c1)N(C)C. The molecule has 2 aromatic carbocycles. The maximum Gasteiger partial charge on any atom is 0.125 e. The molecule has 0 aliphatic carbocycles. The molecule has 0 aliphatic rings. The van der Waals surface area contributed by atoms with Crippen LogP contribution in [0.5, 0.6) is 0 Å². The molecule has 0 bridgehead atoms. The Bertz CT molecular complexity index is 966. The number of nitrogens with zero attached hydrogens (tertiary/aromatic N) is 1. The van der Waals surface area contributed by atoms with Gasteiger partial charge in [0, 0.05) is 36.6 Å². The van der Waals surface area contributed by atoms with Gasteiger partial charge in [0.25, 0.3) is 0 Å². The fourth-order valence-corrected chi connectivity index (χ4v) is 3.93. The summed E-state index contributed by atoms with van der Waals surface area (Å²) in [6, 6.07) is 15.2. The van der Waals surface area contributed by atoms with Crippen LogP contribution in [0, 0.1) is 5.41 Å². The molecule has 1 heterocycles. The fraction of sp³-hybridized carbons (Fsp3) is 0.250. The van der Waals surface area contributed by atoms with Gasteiger partial charge in [-0.05, 0) is 43.7 Å². The number of anilines is 1. The maximum absolute atomic E-state index is 12.7. The molecule has 1 aromatic heterocycles. The van der Waals surface area contributed by atoms with Gasteiger partial charge in [0.05, 0.1) is 16.6 Å². The third kappa shape index (κ3) is 4.27. The van der Waals surface area contributed by atoms with Gasteiger partial charge in [-0.25, -0.2) is 8.93 Å². The lowest BCUT2D eigenvalue weighted by Gasteiger charge is -2.26. The van der Waals surface area contributed by atoms with Gasteiger partial charge in [0.15, 0.2) is 0 Å². The number of nitrogens with one attached hydrogen (secondary N) is 4. The molecular formula is C20H25N5OS. The third-order valence-corrected chi connectivity index (χ3v) is 5.70. The van der Waals surface area contributed by atoms with E-state index in [-0.39, 0.29) is 6.04 Å². The quantitative estimate of drug-likeness (QED) is 0.451. The minimum atomic E-state index is -1.35. The number of hydrogen-bond donors (Lipinski definition) is 4. The van der Waals surface area contributed by atoms with Crippen LogP contribution in [0.15, 0.2) is 59.6 Å². The molecule has 2 unspecified atom stereocenters. The smallest absolute Gasteiger partial charge is 0.125 e. The zero-order valence-corrected chi connectivity index (χ0v) is 16.6. The van der Waals surface area contributed by atoms with Crippen LogP contribution in [-0.4, -0.2) is 53.5 Å². The van der Waals surface area contributed by atoms with E-state index in [1.165, 1.54) is 0 Å². The van der Waals surface area contributed by atoms with Crippen molar-refractivity contribution in [3.8, 4) is 0 Å². The van der Waals surface area contributed by atoms with Crippen LogP contribution in [0.3, 0.4) is 0 Å². The average molecular weight is 384 g/mol. The molecule has 3 rings (SSSR count). The Morgan fingerprint density at radius 3 is 2.74 bits per heavy atom. The Hall–Kier alpha value is -2.48. The molecule has 3 aromatic rings. The summed E-state index contributed by atoms with van der Waals surface area (Å²) in [6.07, 6.45) is 1.87. The Morgan fingerprint density at radius 2 is 2.00 bits per heavy atom.